The summed E-state index contributed by atoms with van der Waals surface area (Å²) < 4.78 is 0. The van der Waals surface area contributed by atoms with Crippen molar-refractivity contribution in [2.24, 2.45) is 0 Å². The molecule has 1 heterocycles. The number of rotatable bonds is 4. The average molecular weight is 287 g/mol. The van der Waals surface area contributed by atoms with E-state index in [0.29, 0.717) is 23.0 Å². The molecule has 1 amide bonds. The summed E-state index contributed by atoms with van der Waals surface area (Å²) in [5, 5.41) is 7.42. The number of carbonyl (C=O) groups is 1. The summed E-state index contributed by atoms with van der Waals surface area (Å²) in [7, 11) is 0. The van der Waals surface area contributed by atoms with E-state index < -0.39 is 0 Å². The average Bonchev–Trinajstić information content (AvgIpc) is 2.75. The van der Waals surface area contributed by atoms with Crippen LogP contribution < -0.4 is 10.6 Å². The summed E-state index contributed by atoms with van der Waals surface area (Å²) in [6.07, 6.45) is 1.47. The van der Waals surface area contributed by atoms with Crippen LogP contribution in [0.2, 0.25) is 10.0 Å². The summed E-state index contributed by atoms with van der Waals surface area (Å²) in [5.74, 6) is 0.108. The second-order valence-electron chi connectivity index (χ2n) is 4.51. The molecule has 0 spiro atoms. The Morgan fingerprint density at radius 2 is 2.22 bits per heavy atom. The Bertz CT molecular complexity index is 451. The summed E-state index contributed by atoms with van der Waals surface area (Å²) in [6.45, 7) is 2.79. The third kappa shape index (κ3) is 3.16. The summed E-state index contributed by atoms with van der Waals surface area (Å²) in [6, 6.07) is 6.05. The molecule has 2 rings (SSSR count). The van der Waals surface area contributed by atoms with E-state index in [0.717, 1.165) is 12.0 Å². The normalized spacial score (nSPS) is 20.8. The largest absolute Gasteiger partial charge is 0.354 e. The molecule has 1 aromatic carbocycles. The Morgan fingerprint density at radius 1 is 1.44 bits per heavy atom. The van der Waals surface area contributed by atoms with Gasteiger partial charge in [0.05, 0.1) is 10.0 Å². The first-order valence-corrected chi connectivity index (χ1v) is 6.83. The van der Waals surface area contributed by atoms with Crippen molar-refractivity contribution in [3.63, 3.8) is 0 Å². The van der Waals surface area contributed by atoms with E-state index in [9.17, 15) is 4.79 Å². The number of hydrogen-bond donors (Lipinski definition) is 2. The molecular weight excluding hydrogens is 271 g/mol. The van der Waals surface area contributed by atoms with Gasteiger partial charge in [0.25, 0.3) is 0 Å². The van der Waals surface area contributed by atoms with Crippen molar-refractivity contribution in [2.75, 3.05) is 6.54 Å². The first kappa shape index (κ1) is 13.7. The maximum absolute atomic E-state index is 11.2. The monoisotopic (exact) mass is 286 g/mol. The smallest absolute Gasteiger partial charge is 0.221 e. The van der Waals surface area contributed by atoms with Gasteiger partial charge in [-0.2, -0.15) is 0 Å². The fraction of sp³-hybridized carbons (Fsp3) is 0.462. The molecule has 0 bridgehead atoms. The van der Waals surface area contributed by atoms with Crippen LogP contribution in [-0.4, -0.2) is 18.5 Å². The van der Waals surface area contributed by atoms with Crippen LogP contribution in [0.3, 0.4) is 0 Å². The van der Waals surface area contributed by atoms with E-state index in [1.807, 2.05) is 18.2 Å². The van der Waals surface area contributed by atoms with Gasteiger partial charge in [0.2, 0.25) is 5.91 Å². The highest BCUT2D eigenvalue weighted by atomic mass is 35.5. The van der Waals surface area contributed by atoms with Crippen LogP contribution in [0.15, 0.2) is 18.2 Å². The SMILES string of the molecule is CCC(NC1CNC(=O)C1)c1ccc(Cl)c(Cl)c1. The predicted molar refractivity (Wildman–Crippen MR) is 74.0 cm³/mol. The minimum atomic E-state index is 0.108. The van der Waals surface area contributed by atoms with Crippen LogP contribution in [0.5, 0.6) is 0 Å². The van der Waals surface area contributed by atoms with Crippen LogP contribution in [0.4, 0.5) is 0 Å². The minimum Gasteiger partial charge on any atom is -0.354 e. The van der Waals surface area contributed by atoms with E-state index in [1.54, 1.807) is 0 Å². The molecular formula is C13H16Cl2N2O. The van der Waals surface area contributed by atoms with Gasteiger partial charge in [-0.1, -0.05) is 36.2 Å². The lowest BCUT2D eigenvalue weighted by molar-refractivity contribution is -0.119. The number of amides is 1. The zero-order valence-corrected chi connectivity index (χ0v) is 11.7. The lowest BCUT2D eigenvalue weighted by Crippen LogP contribution is -2.34. The second kappa shape index (κ2) is 5.91. The molecule has 5 heteroatoms. The molecule has 0 aliphatic carbocycles. The standard InChI is InChI=1S/C13H16Cl2N2O/c1-2-12(17-9-6-13(18)16-7-9)8-3-4-10(14)11(15)5-8/h3-5,9,12,17H,2,6-7H2,1H3,(H,16,18). The third-order valence-corrected chi connectivity index (χ3v) is 3.91. The lowest BCUT2D eigenvalue weighted by Gasteiger charge is -2.21. The molecule has 2 unspecified atom stereocenters. The van der Waals surface area contributed by atoms with Gasteiger partial charge in [0, 0.05) is 25.0 Å². The lowest BCUT2D eigenvalue weighted by atomic mass is 10.0. The molecule has 0 aromatic heterocycles. The molecule has 1 aliphatic heterocycles. The highest BCUT2D eigenvalue weighted by molar-refractivity contribution is 6.42. The van der Waals surface area contributed by atoms with E-state index in [1.165, 1.54) is 0 Å². The number of halogens is 2. The topological polar surface area (TPSA) is 41.1 Å². The molecule has 3 nitrogen and oxygen atoms in total. The maximum Gasteiger partial charge on any atom is 0.221 e. The first-order valence-electron chi connectivity index (χ1n) is 6.08. The van der Waals surface area contributed by atoms with Gasteiger partial charge in [-0.25, -0.2) is 0 Å². The van der Waals surface area contributed by atoms with Crippen LogP contribution in [0.1, 0.15) is 31.4 Å². The zero-order valence-electron chi connectivity index (χ0n) is 10.2. The van der Waals surface area contributed by atoms with Crippen LogP contribution >= 0.6 is 23.2 Å². The minimum absolute atomic E-state index is 0.108. The Labute approximate surface area is 117 Å². The Balaban J connectivity index is 2.07. The summed E-state index contributed by atoms with van der Waals surface area (Å²) >= 11 is 11.9. The fourth-order valence-electron chi connectivity index (χ4n) is 2.19. The Morgan fingerprint density at radius 3 is 2.78 bits per heavy atom. The van der Waals surface area contributed by atoms with Gasteiger partial charge < -0.3 is 10.6 Å². The quantitative estimate of drug-likeness (QED) is 0.894. The van der Waals surface area contributed by atoms with Crippen molar-refractivity contribution in [3.8, 4) is 0 Å². The predicted octanol–water partition coefficient (Wildman–Crippen LogP) is 2.92. The van der Waals surface area contributed by atoms with Crippen molar-refractivity contribution >= 4 is 29.1 Å². The van der Waals surface area contributed by atoms with Crippen LogP contribution in [0.25, 0.3) is 0 Å². The number of carbonyl (C=O) groups excluding carboxylic acids is 1. The van der Waals surface area contributed by atoms with Crippen molar-refractivity contribution in [3.05, 3.63) is 33.8 Å². The highest BCUT2D eigenvalue weighted by Gasteiger charge is 2.24. The number of hydrogen-bond acceptors (Lipinski definition) is 2. The van der Waals surface area contributed by atoms with Crippen molar-refractivity contribution < 1.29 is 4.79 Å². The van der Waals surface area contributed by atoms with E-state index in [-0.39, 0.29) is 18.0 Å². The molecule has 2 N–H and O–H groups in total. The Hall–Kier alpha value is -0.770. The van der Waals surface area contributed by atoms with Gasteiger partial charge in [-0.15, -0.1) is 0 Å². The molecule has 0 radical (unpaired) electrons. The molecule has 0 saturated carbocycles. The summed E-state index contributed by atoms with van der Waals surface area (Å²) in [5.41, 5.74) is 1.10. The first-order chi connectivity index (χ1) is 8.60. The summed E-state index contributed by atoms with van der Waals surface area (Å²) in [4.78, 5) is 11.2. The molecule has 1 saturated heterocycles. The van der Waals surface area contributed by atoms with Crippen molar-refractivity contribution in [2.45, 2.75) is 31.8 Å². The van der Waals surface area contributed by atoms with E-state index >= 15 is 0 Å². The van der Waals surface area contributed by atoms with Crippen LogP contribution in [0, 0.1) is 0 Å². The van der Waals surface area contributed by atoms with Gasteiger partial charge in [0.15, 0.2) is 0 Å². The fourth-order valence-corrected chi connectivity index (χ4v) is 2.49. The number of nitrogens with one attached hydrogen (secondary N) is 2. The number of benzene rings is 1. The third-order valence-electron chi connectivity index (χ3n) is 3.17. The van der Waals surface area contributed by atoms with Crippen molar-refractivity contribution in [1.82, 2.24) is 10.6 Å². The van der Waals surface area contributed by atoms with E-state index in [4.69, 9.17) is 23.2 Å². The zero-order chi connectivity index (χ0) is 13.1. The van der Waals surface area contributed by atoms with E-state index in [2.05, 4.69) is 17.6 Å². The van der Waals surface area contributed by atoms with Gasteiger partial charge >= 0.3 is 0 Å². The maximum atomic E-state index is 11.2. The molecule has 18 heavy (non-hydrogen) atoms. The van der Waals surface area contributed by atoms with Crippen LogP contribution in [-0.2, 0) is 4.79 Å². The molecule has 2 atom stereocenters. The molecule has 1 aliphatic rings. The molecule has 98 valence electrons. The molecule has 1 fully saturated rings. The second-order valence-corrected chi connectivity index (χ2v) is 5.32. The van der Waals surface area contributed by atoms with Crippen molar-refractivity contribution in [1.29, 1.82) is 0 Å². The van der Waals surface area contributed by atoms with Gasteiger partial charge in [-0.3, -0.25) is 4.79 Å². The Kier molecular flexibility index (Phi) is 4.49. The molecule has 1 aromatic rings. The van der Waals surface area contributed by atoms with Gasteiger partial charge in [0.1, 0.15) is 0 Å². The highest BCUT2D eigenvalue weighted by Crippen LogP contribution is 2.27. The van der Waals surface area contributed by atoms with Gasteiger partial charge in [-0.05, 0) is 24.1 Å².